The molecule has 19 heavy (non-hydrogen) atoms. The Bertz CT molecular complexity index is 406. The van der Waals surface area contributed by atoms with Crippen molar-refractivity contribution in [2.75, 3.05) is 12.4 Å². The van der Waals surface area contributed by atoms with E-state index in [-0.39, 0.29) is 0 Å². The summed E-state index contributed by atoms with van der Waals surface area (Å²) < 4.78 is 5.46. The normalized spacial score (nSPS) is 23.4. The Morgan fingerprint density at radius 1 is 1.16 bits per heavy atom. The molecule has 0 spiro atoms. The summed E-state index contributed by atoms with van der Waals surface area (Å²) in [7, 11) is 1.75. The molecule has 0 aliphatic heterocycles. The van der Waals surface area contributed by atoms with Gasteiger partial charge in [0.05, 0.1) is 12.8 Å². The second-order valence-corrected chi connectivity index (χ2v) is 6.20. The molecule has 106 valence electrons. The summed E-state index contributed by atoms with van der Waals surface area (Å²) >= 11 is 0. The number of benzene rings is 1. The summed E-state index contributed by atoms with van der Waals surface area (Å²) in [5, 5.41) is 3.66. The van der Waals surface area contributed by atoms with Gasteiger partial charge in [-0.3, -0.25) is 0 Å². The fraction of sp³-hybridized carbons (Fsp3) is 0.647. The second kappa shape index (κ2) is 6.31. The predicted octanol–water partition coefficient (Wildman–Crippen LogP) is 4.63. The maximum atomic E-state index is 5.46. The SMILES string of the molecule is COc1cc(C)ccc1NC1CCC(C(C)C)CC1. The molecule has 1 N–H and O–H groups in total. The van der Waals surface area contributed by atoms with Gasteiger partial charge in [0.15, 0.2) is 0 Å². The first-order valence-electron chi connectivity index (χ1n) is 7.51. The molecule has 2 heteroatoms. The van der Waals surface area contributed by atoms with Crippen molar-refractivity contribution in [2.24, 2.45) is 11.8 Å². The number of rotatable bonds is 4. The number of nitrogens with one attached hydrogen (secondary N) is 1. The third-order valence-electron chi connectivity index (χ3n) is 4.43. The van der Waals surface area contributed by atoms with Gasteiger partial charge in [0.1, 0.15) is 5.75 Å². The molecule has 2 rings (SSSR count). The van der Waals surface area contributed by atoms with Crippen molar-refractivity contribution in [1.82, 2.24) is 0 Å². The number of hydrogen-bond acceptors (Lipinski definition) is 2. The van der Waals surface area contributed by atoms with E-state index in [0.29, 0.717) is 6.04 Å². The summed E-state index contributed by atoms with van der Waals surface area (Å²) in [6.07, 6.45) is 5.26. The largest absolute Gasteiger partial charge is 0.495 e. The van der Waals surface area contributed by atoms with E-state index in [1.54, 1.807) is 7.11 Å². The lowest BCUT2D eigenvalue weighted by molar-refractivity contribution is 0.266. The first kappa shape index (κ1) is 14.2. The Kier molecular flexibility index (Phi) is 4.73. The molecule has 1 aromatic carbocycles. The Morgan fingerprint density at radius 3 is 2.42 bits per heavy atom. The van der Waals surface area contributed by atoms with Gasteiger partial charge in [-0.2, -0.15) is 0 Å². The Hall–Kier alpha value is -1.18. The van der Waals surface area contributed by atoms with Crippen LogP contribution in [0.1, 0.15) is 45.1 Å². The van der Waals surface area contributed by atoms with E-state index < -0.39 is 0 Å². The number of methoxy groups -OCH3 is 1. The van der Waals surface area contributed by atoms with Crippen LogP contribution in [-0.2, 0) is 0 Å². The average molecular weight is 261 g/mol. The fourth-order valence-electron chi connectivity index (χ4n) is 3.07. The zero-order chi connectivity index (χ0) is 13.8. The highest BCUT2D eigenvalue weighted by atomic mass is 16.5. The highest BCUT2D eigenvalue weighted by Crippen LogP contribution is 2.33. The summed E-state index contributed by atoms with van der Waals surface area (Å²) in [6, 6.07) is 6.99. The first-order chi connectivity index (χ1) is 9.10. The minimum Gasteiger partial charge on any atom is -0.495 e. The highest BCUT2D eigenvalue weighted by Gasteiger charge is 2.23. The monoisotopic (exact) mass is 261 g/mol. The topological polar surface area (TPSA) is 21.3 Å². The van der Waals surface area contributed by atoms with Crippen LogP contribution >= 0.6 is 0 Å². The van der Waals surface area contributed by atoms with Gasteiger partial charge in [-0.1, -0.05) is 19.9 Å². The van der Waals surface area contributed by atoms with Crippen LogP contribution in [-0.4, -0.2) is 13.2 Å². The van der Waals surface area contributed by atoms with E-state index in [1.807, 2.05) is 0 Å². The third kappa shape index (κ3) is 3.65. The van der Waals surface area contributed by atoms with E-state index in [2.05, 4.69) is 44.3 Å². The fourth-order valence-corrected chi connectivity index (χ4v) is 3.07. The molecule has 0 radical (unpaired) electrons. The molecule has 1 aromatic rings. The van der Waals surface area contributed by atoms with Gasteiger partial charge in [0, 0.05) is 6.04 Å². The van der Waals surface area contributed by atoms with Crippen LogP contribution in [0.4, 0.5) is 5.69 Å². The smallest absolute Gasteiger partial charge is 0.142 e. The van der Waals surface area contributed by atoms with Crippen LogP contribution in [0.2, 0.25) is 0 Å². The lowest BCUT2D eigenvalue weighted by Gasteiger charge is -2.32. The van der Waals surface area contributed by atoms with Gasteiger partial charge in [0.2, 0.25) is 0 Å². The molecule has 0 bridgehead atoms. The Labute approximate surface area is 117 Å². The van der Waals surface area contributed by atoms with Gasteiger partial charge in [0.25, 0.3) is 0 Å². The average Bonchev–Trinajstić information content (AvgIpc) is 2.41. The van der Waals surface area contributed by atoms with Gasteiger partial charge in [-0.05, 0) is 62.1 Å². The van der Waals surface area contributed by atoms with Crippen LogP contribution < -0.4 is 10.1 Å². The quantitative estimate of drug-likeness (QED) is 0.853. The molecule has 0 heterocycles. The van der Waals surface area contributed by atoms with Crippen molar-refractivity contribution >= 4 is 5.69 Å². The second-order valence-electron chi connectivity index (χ2n) is 6.20. The van der Waals surface area contributed by atoms with Crippen molar-refractivity contribution in [1.29, 1.82) is 0 Å². The van der Waals surface area contributed by atoms with Crippen LogP contribution in [0.15, 0.2) is 18.2 Å². The number of anilines is 1. The van der Waals surface area contributed by atoms with E-state index in [1.165, 1.54) is 31.2 Å². The van der Waals surface area contributed by atoms with Gasteiger partial charge in [-0.25, -0.2) is 0 Å². The van der Waals surface area contributed by atoms with Crippen molar-refractivity contribution in [3.63, 3.8) is 0 Å². The van der Waals surface area contributed by atoms with Crippen molar-refractivity contribution in [3.8, 4) is 5.75 Å². The molecule has 1 aliphatic rings. The van der Waals surface area contributed by atoms with Crippen molar-refractivity contribution < 1.29 is 4.74 Å². The summed E-state index contributed by atoms with van der Waals surface area (Å²) in [4.78, 5) is 0. The number of aryl methyl sites for hydroxylation is 1. The lowest BCUT2D eigenvalue weighted by Crippen LogP contribution is -2.28. The van der Waals surface area contributed by atoms with Crippen molar-refractivity contribution in [3.05, 3.63) is 23.8 Å². The van der Waals surface area contributed by atoms with E-state index in [0.717, 1.165) is 23.3 Å². The van der Waals surface area contributed by atoms with Gasteiger partial charge < -0.3 is 10.1 Å². The zero-order valence-corrected chi connectivity index (χ0v) is 12.7. The molecule has 0 amide bonds. The van der Waals surface area contributed by atoms with E-state index in [4.69, 9.17) is 4.74 Å². The minimum atomic E-state index is 0.603. The molecule has 0 saturated heterocycles. The molecule has 1 aliphatic carbocycles. The molecule has 0 aromatic heterocycles. The Morgan fingerprint density at radius 2 is 1.84 bits per heavy atom. The third-order valence-corrected chi connectivity index (χ3v) is 4.43. The molecular formula is C17H27NO. The molecule has 1 fully saturated rings. The van der Waals surface area contributed by atoms with Crippen LogP contribution in [0.3, 0.4) is 0 Å². The first-order valence-corrected chi connectivity index (χ1v) is 7.51. The molecule has 0 unspecified atom stereocenters. The molecule has 0 atom stereocenters. The highest BCUT2D eigenvalue weighted by molar-refractivity contribution is 5.58. The molecule has 1 saturated carbocycles. The van der Waals surface area contributed by atoms with E-state index >= 15 is 0 Å². The van der Waals surface area contributed by atoms with Crippen LogP contribution in [0.25, 0.3) is 0 Å². The maximum Gasteiger partial charge on any atom is 0.142 e. The number of hydrogen-bond donors (Lipinski definition) is 1. The minimum absolute atomic E-state index is 0.603. The summed E-state index contributed by atoms with van der Waals surface area (Å²) in [6.45, 7) is 6.79. The van der Waals surface area contributed by atoms with Gasteiger partial charge >= 0.3 is 0 Å². The number of ether oxygens (including phenoxy) is 1. The van der Waals surface area contributed by atoms with E-state index in [9.17, 15) is 0 Å². The summed E-state index contributed by atoms with van der Waals surface area (Å²) in [5.41, 5.74) is 2.38. The van der Waals surface area contributed by atoms with Gasteiger partial charge in [-0.15, -0.1) is 0 Å². The van der Waals surface area contributed by atoms with Crippen LogP contribution in [0, 0.1) is 18.8 Å². The summed E-state index contributed by atoms with van der Waals surface area (Å²) in [5.74, 6) is 2.71. The molecular weight excluding hydrogens is 234 g/mol. The Balaban J connectivity index is 1.95. The standard InChI is InChI=1S/C17H27NO/c1-12(2)14-6-8-15(9-7-14)18-16-10-5-13(3)11-17(16)19-4/h5,10-12,14-15,18H,6-9H2,1-4H3. The van der Waals surface area contributed by atoms with Crippen LogP contribution in [0.5, 0.6) is 5.75 Å². The zero-order valence-electron chi connectivity index (χ0n) is 12.7. The molecule has 2 nitrogen and oxygen atoms in total. The predicted molar refractivity (Wildman–Crippen MR) is 81.9 cm³/mol. The van der Waals surface area contributed by atoms with Crippen molar-refractivity contribution in [2.45, 2.75) is 52.5 Å². The lowest BCUT2D eigenvalue weighted by atomic mass is 9.79. The maximum absolute atomic E-state index is 5.46.